The van der Waals surface area contributed by atoms with Gasteiger partial charge in [0.25, 0.3) is 0 Å². The number of rotatable bonds is 14. The van der Waals surface area contributed by atoms with E-state index in [9.17, 15) is 4.79 Å². The summed E-state index contributed by atoms with van der Waals surface area (Å²) < 4.78 is 10.5. The maximum atomic E-state index is 11.3. The zero-order valence-corrected chi connectivity index (χ0v) is 18.6. The summed E-state index contributed by atoms with van der Waals surface area (Å²) in [5.74, 6) is 1.74. The first-order chi connectivity index (χ1) is 14.2. The first-order valence-corrected chi connectivity index (χ1v) is 11.8. The van der Waals surface area contributed by atoms with Crippen molar-refractivity contribution in [2.75, 3.05) is 19.0 Å². The van der Waals surface area contributed by atoms with E-state index in [4.69, 9.17) is 9.47 Å². The molecule has 0 unspecified atom stereocenters. The minimum atomic E-state index is -0.224. The summed E-state index contributed by atoms with van der Waals surface area (Å²) in [4.78, 5) is 12.7. The quantitative estimate of drug-likeness (QED) is 0.187. The van der Waals surface area contributed by atoms with Gasteiger partial charge in [-0.2, -0.15) is 0 Å². The normalized spacial score (nSPS) is 10.7. The van der Waals surface area contributed by atoms with Gasteiger partial charge in [0.05, 0.1) is 19.6 Å². The Balaban J connectivity index is 1.72. The van der Waals surface area contributed by atoms with Crippen LogP contribution >= 0.6 is 11.8 Å². The predicted octanol–water partition coefficient (Wildman–Crippen LogP) is 7.14. The number of esters is 1. The van der Waals surface area contributed by atoms with Gasteiger partial charge in [-0.3, -0.25) is 4.79 Å². The van der Waals surface area contributed by atoms with Gasteiger partial charge in [0, 0.05) is 4.90 Å². The molecule has 0 saturated carbocycles. The second-order valence-electron chi connectivity index (χ2n) is 7.07. The van der Waals surface area contributed by atoms with E-state index in [0.717, 1.165) is 11.3 Å². The molecule has 2 rings (SSSR count). The summed E-state index contributed by atoms with van der Waals surface area (Å²) in [5.41, 5.74) is 2.36. The van der Waals surface area contributed by atoms with Crippen LogP contribution in [-0.2, 0) is 9.53 Å². The molecule has 0 amide bonds. The Kier molecular flexibility index (Phi) is 11.4. The molecule has 0 aromatic heterocycles. The summed E-state index contributed by atoms with van der Waals surface area (Å²) in [6.45, 7) is 4.81. The van der Waals surface area contributed by atoms with Crippen LogP contribution in [0.2, 0.25) is 0 Å². The van der Waals surface area contributed by atoms with Crippen LogP contribution in [-0.4, -0.2) is 24.9 Å². The van der Waals surface area contributed by atoms with Crippen LogP contribution in [0.15, 0.2) is 53.4 Å². The van der Waals surface area contributed by atoms with Crippen LogP contribution in [0.25, 0.3) is 11.1 Å². The fraction of sp³-hybridized carbons (Fsp3) is 0.480. The highest BCUT2D eigenvalue weighted by Gasteiger charge is 2.03. The Hall–Kier alpha value is -1.94. The molecule has 3 nitrogen and oxygen atoms in total. The van der Waals surface area contributed by atoms with E-state index in [-0.39, 0.29) is 12.4 Å². The summed E-state index contributed by atoms with van der Waals surface area (Å²) in [6, 6.07) is 16.8. The van der Waals surface area contributed by atoms with Crippen molar-refractivity contribution in [2.45, 2.75) is 63.7 Å². The molecule has 158 valence electrons. The largest absolute Gasteiger partial charge is 0.493 e. The van der Waals surface area contributed by atoms with Gasteiger partial charge in [-0.1, -0.05) is 63.3 Å². The molecule has 0 bridgehead atoms. The van der Waals surface area contributed by atoms with Crippen molar-refractivity contribution in [3.8, 4) is 16.9 Å². The third-order valence-electron chi connectivity index (χ3n) is 4.69. The van der Waals surface area contributed by atoms with Crippen molar-refractivity contribution in [3.05, 3.63) is 48.5 Å². The first-order valence-electron chi connectivity index (χ1n) is 10.8. The van der Waals surface area contributed by atoms with Crippen molar-refractivity contribution in [1.29, 1.82) is 0 Å². The number of thioether (sulfide) groups is 1. The van der Waals surface area contributed by atoms with E-state index < -0.39 is 0 Å². The number of hydrogen-bond acceptors (Lipinski definition) is 4. The Morgan fingerprint density at radius 1 is 0.828 bits per heavy atom. The average Bonchev–Trinajstić information content (AvgIpc) is 2.74. The maximum absolute atomic E-state index is 11.3. The number of carbonyl (C=O) groups is 1. The zero-order valence-electron chi connectivity index (χ0n) is 17.8. The van der Waals surface area contributed by atoms with Gasteiger partial charge in [0.1, 0.15) is 5.75 Å². The molecule has 0 aliphatic rings. The highest BCUT2D eigenvalue weighted by atomic mass is 32.2. The first kappa shape index (κ1) is 23.3. The lowest BCUT2D eigenvalue weighted by atomic mass is 10.1. The van der Waals surface area contributed by atoms with Crippen molar-refractivity contribution in [1.82, 2.24) is 0 Å². The molecule has 2 aromatic rings. The van der Waals surface area contributed by atoms with Gasteiger partial charge >= 0.3 is 5.97 Å². The van der Waals surface area contributed by atoms with Gasteiger partial charge < -0.3 is 9.47 Å². The fourth-order valence-electron chi connectivity index (χ4n) is 3.05. The Morgan fingerprint density at radius 3 is 2.10 bits per heavy atom. The van der Waals surface area contributed by atoms with E-state index >= 15 is 0 Å². The zero-order chi connectivity index (χ0) is 20.7. The van der Waals surface area contributed by atoms with Crippen molar-refractivity contribution in [3.63, 3.8) is 0 Å². The minimum Gasteiger partial charge on any atom is -0.493 e. The fourth-order valence-corrected chi connectivity index (χ4v) is 3.96. The molecule has 0 aliphatic carbocycles. The van der Waals surface area contributed by atoms with Crippen LogP contribution in [0.1, 0.15) is 58.8 Å². The van der Waals surface area contributed by atoms with E-state index in [2.05, 4.69) is 43.3 Å². The third kappa shape index (κ3) is 9.40. The molecule has 2 aromatic carbocycles. The summed E-state index contributed by atoms with van der Waals surface area (Å²) in [5, 5.41) is 0. The number of ether oxygens (including phenoxy) is 2. The number of unbranched alkanes of at least 4 members (excludes halogenated alkanes) is 5. The van der Waals surface area contributed by atoms with Crippen molar-refractivity contribution < 1.29 is 14.3 Å². The topological polar surface area (TPSA) is 35.5 Å². The average molecular weight is 415 g/mol. The molecule has 0 saturated heterocycles. The Morgan fingerprint density at radius 2 is 1.45 bits per heavy atom. The second-order valence-corrected chi connectivity index (χ2v) is 8.24. The highest BCUT2D eigenvalue weighted by Crippen LogP contribution is 2.26. The van der Waals surface area contributed by atoms with Crippen LogP contribution in [0.5, 0.6) is 5.75 Å². The van der Waals surface area contributed by atoms with Gasteiger partial charge in [-0.05, 0) is 54.5 Å². The monoisotopic (exact) mass is 414 g/mol. The number of carbonyl (C=O) groups excluding carboxylic acids is 1. The molecular weight excluding hydrogens is 380 g/mol. The number of benzene rings is 2. The predicted molar refractivity (Wildman–Crippen MR) is 123 cm³/mol. The summed E-state index contributed by atoms with van der Waals surface area (Å²) in [6.07, 6.45) is 8.35. The lowest BCUT2D eigenvalue weighted by Gasteiger charge is -2.08. The van der Waals surface area contributed by atoms with E-state index in [1.807, 2.05) is 23.9 Å². The lowest BCUT2D eigenvalue weighted by molar-refractivity contribution is -0.143. The van der Waals surface area contributed by atoms with Crippen LogP contribution in [0.3, 0.4) is 0 Å². The molecule has 0 radical (unpaired) electrons. The maximum Gasteiger partial charge on any atom is 0.309 e. The molecule has 0 N–H and O–H groups in total. The molecule has 0 fully saturated rings. The Bertz CT molecular complexity index is 695. The van der Waals surface area contributed by atoms with E-state index in [1.165, 1.54) is 54.7 Å². The molecule has 0 atom stereocenters. The Labute approximate surface area is 180 Å². The molecule has 29 heavy (non-hydrogen) atoms. The molecule has 0 spiro atoms. The van der Waals surface area contributed by atoms with Crippen LogP contribution in [0.4, 0.5) is 0 Å². The van der Waals surface area contributed by atoms with Gasteiger partial charge in [0.2, 0.25) is 0 Å². The molecule has 0 aliphatic heterocycles. The van der Waals surface area contributed by atoms with Crippen molar-refractivity contribution >= 4 is 17.7 Å². The highest BCUT2D eigenvalue weighted by molar-refractivity contribution is 7.99. The smallest absolute Gasteiger partial charge is 0.309 e. The third-order valence-corrected chi connectivity index (χ3v) is 5.79. The molecule has 0 heterocycles. The van der Waals surface area contributed by atoms with Crippen molar-refractivity contribution in [2.24, 2.45) is 0 Å². The minimum absolute atomic E-state index is 0.224. The van der Waals surface area contributed by atoms with Gasteiger partial charge in [-0.25, -0.2) is 0 Å². The summed E-state index contributed by atoms with van der Waals surface area (Å²) in [7, 11) is 0. The van der Waals surface area contributed by atoms with Gasteiger partial charge in [0.15, 0.2) is 0 Å². The molecule has 4 heteroatoms. The van der Waals surface area contributed by atoms with Crippen LogP contribution in [0, 0.1) is 0 Å². The lowest BCUT2D eigenvalue weighted by Crippen LogP contribution is -2.09. The van der Waals surface area contributed by atoms with Gasteiger partial charge in [-0.15, -0.1) is 11.8 Å². The standard InChI is InChI=1S/C25H34O3S/c1-3-5-6-7-8-9-20-29-24-16-12-22(13-17-24)21-10-14-23(15-11-21)28-19-18-25(26)27-4-2/h10-17H,3-9,18-20H2,1-2H3. The number of hydrogen-bond donors (Lipinski definition) is 0. The summed E-state index contributed by atoms with van der Waals surface area (Å²) >= 11 is 1.95. The van der Waals surface area contributed by atoms with E-state index in [0.29, 0.717) is 13.2 Å². The second kappa shape index (κ2) is 14.1. The van der Waals surface area contributed by atoms with Crippen LogP contribution < -0.4 is 4.74 Å². The molecular formula is C25H34O3S. The van der Waals surface area contributed by atoms with E-state index in [1.54, 1.807) is 6.92 Å². The SMILES string of the molecule is CCCCCCCCSc1ccc(-c2ccc(OCCC(=O)OCC)cc2)cc1.